The van der Waals surface area contributed by atoms with Crippen LogP contribution >= 0.6 is 12.0 Å². The van der Waals surface area contributed by atoms with Gasteiger partial charge in [-0.25, -0.2) is 14.4 Å². The predicted octanol–water partition coefficient (Wildman–Crippen LogP) is 6.70. The van der Waals surface area contributed by atoms with Crippen molar-refractivity contribution in [2.45, 2.75) is 112 Å². The normalized spacial score (nSPS) is 20.2. The van der Waals surface area contributed by atoms with Crippen LogP contribution in [0.15, 0.2) is 36.5 Å². The lowest BCUT2D eigenvalue weighted by Crippen LogP contribution is -2.58. The zero-order chi connectivity index (χ0) is 46.5. The Morgan fingerprint density at radius 2 is 1.35 bits per heavy atom. The maximum absolute atomic E-state index is 12.3. The molecule has 0 aromatic carbocycles. The average Bonchev–Trinajstić information content (AvgIpc) is 3.55. The number of halogens is 6. The first kappa shape index (κ1) is 57.3. The number of carbonyl (C=O) groups excluding carboxylic acids is 3. The number of ether oxygens (including phenoxy) is 4. The second-order valence-corrected chi connectivity index (χ2v) is 16.2. The summed E-state index contributed by atoms with van der Waals surface area (Å²) in [6, 6.07) is 0. The SMILES string of the molecule is C=C(C)C(=O)OC(C)CC(O)(C(F)(F)F)C(F)(F)F.C=C(C)C(=O)OCCN(CC)CC.C=C(C)C(=O)OCCN1CCOCC1.CC1(C)C2CCC1(CSOO[O-])CC2. The van der Waals surface area contributed by atoms with Gasteiger partial charge in [0, 0.05) is 67.1 Å². The van der Waals surface area contributed by atoms with Crippen molar-refractivity contribution < 1.29 is 79.4 Å². The quantitative estimate of drug-likeness (QED) is 0.0227. The highest BCUT2D eigenvalue weighted by molar-refractivity contribution is 7.94. The van der Waals surface area contributed by atoms with Gasteiger partial charge in [-0.15, -0.1) is 0 Å². The van der Waals surface area contributed by atoms with E-state index in [9.17, 15) is 46.0 Å². The molecule has 3 fully saturated rings. The maximum atomic E-state index is 12.3. The van der Waals surface area contributed by atoms with Gasteiger partial charge in [0.2, 0.25) is 0 Å². The third-order valence-corrected chi connectivity index (χ3v) is 11.7. The molecule has 3 aliphatic rings. The third kappa shape index (κ3) is 18.7. The van der Waals surface area contributed by atoms with Gasteiger partial charge >= 0.3 is 30.3 Å². The summed E-state index contributed by atoms with van der Waals surface area (Å²) in [7, 11) is 0. The summed E-state index contributed by atoms with van der Waals surface area (Å²) in [5.41, 5.74) is -3.43. The van der Waals surface area contributed by atoms with Crippen molar-refractivity contribution in [2.75, 3.05) is 71.4 Å². The molecule has 0 aromatic heterocycles. The summed E-state index contributed by atoms with van der Waals surface area (Å²) in [5, 5.41) is 22.0. The van der Waals surface area contributed by atoms with Crippen LogP contribution in [0, 0.1) is 16.7 Å². The number of morpholine rings is 1. The standard InChI is InChI=1S/C10H12F6O3.C10H17NO3.C10H19NO2.C10H18O3S/c1-5(2)7(17)19-6(3)4-8(18,9(11,12)13)10(14,15)16;1-9(2)10(12)14-8-5-11-3-6-13-7-4-11;1-5-11(6-2)7-8-13-10(12)9(3)4;1-9(2)8-3-5-10(9,6-4-8)7-14-13-12-11/h6,18H,1,4H2,2-3H3;1,3-8H2,2H3;3,5-8H2,1-2,4H3;8,11H,3-7H2,1-2H3/p-1. The number of nitrogens with zero attached hydrogens (tertiary/aromatic N) is 2. The van der Waals surface area contributed by atoms with Crippen molar-refractivity contribution in [3.8, 4) is 0 Å². The van der Waals surface area contributed by atoms with Crippen LogP contribution < -0.4 is 5.26 Å². The molecule has 1 heterocycles. The first-order valence-corrected chi connectivity index (χ1v) is 20.5. The van der Waals surface area contributed by atoms with E-state index in [0.717, 1.165) is 71.1 Å². The molecule has 0 spiro atoms. The zero-order valence-corrected chi connectivity index (χ0v) is 37.0. The minimum atomic E-state index is -5.94. The smallest absolute Gasteiger partial charge is 0.426 e. The van der Waals surface area contributed by atoms with Gasteiger partial charge < -0.3 is 34.2 Å². The van der Waals surface area contributed by atoms with Crippen LogP contribution in [0.3, 0.4) is 0 Å². The van der Waals surface area contributed by atoms with Crippen molar-refractivity contribution in [3.63, 3.8) is 0 Å². The molecular formula is C40H65F6N2O11S-. The molecule has 0 radical (unpaired) electrons. The van der Waals surface area contributed by atoms with Crippen molar-refractivity contribution in [2.24, 2.45) is 16.7 Å². The minimum absolute atomic E-state index is 0.186. The Morgan fingerprint density at radius 1 is 0.883 bits per heavy atom. The van der Waals surface area contributed by atoms with Crippen molar-refractivity contribution >= 4 is 30.0 Å². The number of carbonyl (C=O) groups is 3. The molecule has 350 valence electrons. The van der Waals surface area contributed by atoms with Crippen LogP contribution in [-0.2, 0) is 42.7 Å². The Balaban J connectivity index is 0.000000782. The fourth-order valence-corrected chi connectivity index (χ4v) is 7.71. The van der Waals surface area contributed by atoms with E-state index < -0.39 is 36.4 Å². The number of esters is 3. The topological polar surface area (TPSA) is 156 Å². The van der Waals surface area contributed by atoms with E-state index >= 15 is 0 Å². The minimum Gasteiger partial charge on any atom is -0.691 e. The molecule has 60 heavy (non-hydrogen) atoms. The fraction of sp³-hybridized carbons (Fsp3) is 0.775. The summed E-state index contributed by atoms with van der Waals surface area (Å²) >= 11 is 1.17. The number of rotatable bonds is 18. The highest BCUT2D eigenvalue weighted by atomic mass is 32.2. The molecule has 13 nitrogen and oxygen atoms in total. The Morgan fingerprint density at radius 3 is 1.73 bits per heavy atom. The summed E-state index contributed by atoms with van der Waals surface area (Å²) in [5.74, 6) is 0.0135. The van der Waals surface area contributed by atoms with E-state index in [0.29, 0.717) is 35.2 Å². The number of hydrogen-bond donors (Lipinski definition) is 1. The van der Waals surface area contributed by atoms with E-state index in [-0.39, 0.29) is 17.5 Å². The number of hydrogen-bond acceptors (Lipinski definition) is 14. The molecule has 0 aromatic rings. The van der Waals surface area contributed by atoms with Gasteiger partial charge in [0.05, 0.1) is 13.2 Å². The fourth-order valence-electron chi connectivity index (χ4n) is 6.74. The molecule has 2 aliphatic carbocycles. The number of alkyl halides is 6. The second kappa shape index (κ2) is 26.7. The van der Waals surface area contributed by atoms with E-state index in [2.05, 4.69) is 71.3 Å². The lowest BCUT2D eigenvalue weighted by Gasteiger charge is -2.37. The molecule has 20 heteroatoms. The third-order valence-electron chi connectivity index (χ3n) is 10.9. The molecule has 1 saturated heterocycles. The highest BCUT2D eigenvalue weighted by Gasteiger charge is 2.70. The van der Waals surface area contributed by atoms with Crippen molar-refractivity contribution in [1.29, 1.82) is 0 Å². The van der Waals surface area contributed by atoms with Gasteiger partial charge in [0.1, 0.15) is 19.3 Å². The van der Waals surface area contributed by atoms with Gasteiger partial charge in [0.25, 0.3) is 5.60 Å². The molecule has 3 rings (SSSR count). The van der Waals surface area contributed by atoms with E-state index in [1.54, 1.807) is 13.8 Å². The number of fused-ring (bicyclic) bond motifs is 2. The van der Waals surface area contributed by atoms with Crippen molar-refractivity contribution in [3.05, 3.63) is 36.5 Å². The molecular weight excluding hydrogens is 830 g/mol. The average molecular weight is 896 g/mol. The molecule has 2 bridgehead atoms. The van der Waals surface area contributed by atoms with Crippen LogP contribution in [-0.4, -0.2) is 128 Å². The molecule has 1 unspecified atom stereocenters. The van der Waals surface area contributed by atoms with E-state index in [4.69, 9.17) is 19.3 Å². The van der Waals surface area contributed by atoms with Gasteiger partial charge in [-0.1, -0.05) is 47.4 Å². The van der Waals surface area contributed by atoms with Crippen LogP contribution in [0.2, 0.25) is 0 Å². The molecule has 1 N–H and O–H groups in total. The summed E-state index contributed by atoms with van der Waals surface area (Å²) in [6.07, 6.45) is -10.3. The monoisotopic (exact) mass is 895 g/mol. The van der Waals surface area contributed by atoms with Gasteiger partial charge in [0.15, 0.2) is 0 Å². The summed E-state index contributed by atoms with van der Waals surface area (Å²) in [6.45, 7) is 32.1. The van der Waals surface area contributed by atoms with Gasteiger partial charge in [-0.3, -0.25) is 9.94 Å². The largest absolute Gasteiger partial charge is 0.691 e. The number of likely N-dealkylation sites (N-methyl/N-ethyl adjacent to an activating group) is 1. The van der Waals surface area contributed by atoms with E-state index in [1.807, 2.05) is 0 Å². The number of aliphatic hydroxyl groups is 1. The first-order chi connectivity index (χ1) is 27.7. The Bertz CT molecular complexity index is 1350. The molecule has 0 amide bonds. The summed E-state index contributed by atoms with van der Waals surface area (Å²) < 4.78 is 97.8. The predicted molar refractivity (Wildman–Crippen MR) is 211 cm³/mol. The zero-order valence-electron chi connectivity index (χ0n) is 36.2. The molecule has 1 aliphatic heterocycles. The highest BCUT2D eigenvalue weighted by Crippen LogP contribution is 2.66. The van der Waals surface area contributed by atoms with Gasteiger partial charge in [-0.05, 0) is 83.2 Å². The first-order valence-electron chi connectivity index (χ1n) is 19.6. The van der Waals surface area contributed by atoms with Crippen LogP contribution in [0.4, 0.5) is 26.3 Å². The molecule has 1 atom stereocenters. The lowest BCUT2D eigenvalue weighted by atomic mass is 9.71. The van der Waals surface area contributed by atoms with Crippen LogP contribution in [0.1, 0.15) is 87.5 Å². The second-order valence-electron chi connectivity index (χ2n) is 15.5. The lowest BCUT2D eigenvalue weighted by molar-refractivity contribution is -0.777. The van der Waals surface area contributed by atoms with Crippen LogP contribution in [0.5, 0.6) is 0 Å². The molecule has 2 saturated carbocycles. The maximum Gasteiger partial charge on any atom is 0.426 e. The van der Waals surface area contributed by atoms with Gasteiger partial charge in [-0.2, -0.15) is 30.7 Å². The van der Waals surface area contributed by atoms with Crippen molar-refractivity contribution in [1.82, 2.24) is 9.80 Å². The van der Waals surface area contributed by atoms with E-state index in [1.165, 1.54) is 44.6 Å². The Hall–Kier alpha value is -2.72. The van der Waals surface area contributed by atoms with Crippen LogP contribution in [0.25, 0.3) is 0 Å². The summed E-state index contributed by atoms with van der Waals surface area (Å²) in [4.78, 5) is 37.4. The Kier molecular flexibility index (Phi) is 25.5. The Labute approximate surface area is 354 Å².